The van der Waals surface area contributed by atoms with E-state index in [1.807, 2.05) is 35.8 Å². The van der Waals surface area contributed by atoms with Crippen LogP contribution >= 0.6 is 0 Å². The molecule has 3 rings (SSSR count). The summed E-state index contributed by atoms with van der Waals surface area (Å²) in [6, 6.07) is 7.86. The van der Waals surface area contributed by atoms with E-state index in [1.54, 1.807) is 7.11 Å². The Morgan fingerprint density at radius 3 is 3.09 bits per heavy atom. The zero-order valence-corrected chi connectivity index (χ0v) is 13.6. The molecule has 1 aliphatic heterocycles. The second kappa shape index (κ2) is 7.10. The fourth-order valence-electron chi connectivity index (χ4n) is 3.05. The van der Waals surface area contributed by atoms with Crippen LogP contribution in [0, 0.1) is 5.92 Å². The molecule has 0 bridgehead atoms. The third kappa shape index (κ3) is 3.38. The largest absolute Gasteiger partial charge is 0.383 e. The molecule has 1 amide bonds. The monoisotopic (exact) mass is 317 g/mol. The summed E-state index contributed by atoms with van der Waals surface area (Å²) in [6.45, 7) is 3.89. The van der Waals surface area contributed by atoms with E-state index < -0.39 is 0 Å². The first-order chi connectivity index (χ1) is 11.2. The maximum atomic E-state index is 12.6. The Kier molecular flexibility index (Phi) is 4.93. The summed E-state index contributed by atoms with van der Waals surface area (Å²) in [5.74, 6) is 0.427. The summed E-state index contributed by atoms with van der Waals surface area (Å²) in [6.07, 6.45) is 1.72. The van der Waals surface area contributed by atoms with Crippen molar-refractivity contribution in [2.45, 2.75) is 32.4 Å². The summed E-state index contributed by atoms with van der Waals surface area (Å²) >= 11 is 0. The van der Waals surface area contributed by atoms with E-state index in [4.69, 9.17) is 9.47 Å². The van der Waals surface area contributed by atoms with Crippen LogP contribution in [0.2, 0.25) is 0 Å². The summed E-state index contributed by atoms with van der Waals surface area (Å²) in [5, 5.41) is 2.99. The van der Waals surface area contributed by atoms with Gasteiger partial charge in [0, 0.05) is 20.3 Å². The standard InChI is InChI=1S/C17H23N3O3/c1-12-13(6-5-10-23-12)16(21)19-17-18-14-7-3-4-8-15(14)20(17)9-11-22-2/h3-4,7-8,12-13H,5-6,9-11H2,1-2H3,(H,18,19,21)/t12-,13-/m1/s1. The van der Waals surface area contributed by atoms with Crippen LogP contribution < -0.4 is 5.32 Å². The number of fused-ring (bicyclic) bond motifs is 1. The van der Waals surface area contributed by atoms with Crippen molar-refractivity contribution < 1.29 is 14.3 Å². The van der Waals surface area contributed by atoms with E-state index in [2.05, 4.69) is 10.3 Å². The van der Waals surface area contributed by atoms with Gasteiger partial charge in [-0.3, -0.25) is 10.1 Å². The Morgan fingerprint density at radius 1 is 1.48 bits per heavy atom. The highest BCUT2D eigenvalue weighted by Crippen LogP contribution is 2.24. The first-order valence-corrected chi connectivity index (χ1v) is 8.07. The number of para-hydroxylation sites is 2. The van der Waals surface area contributed by atoms with Crippen LogP contribution in [0.25, 0.3) is 11.0 Å². The van der Waals surface area contributed by atoms with Crippen LogP contribution in [0.5, 0.6) is 0 Å². The first-order valence-electron chi connectivity index (χ1n) is 8.07. The summed E-state index contributed by atoms with van der Waals surface area (Å²) in [4.78, 5) is 17.2. The molecule has 2 aromatic rings. The van der Waals surface area contributed by atoms with Gasteiger partial charge in [0.15, 0.2) is 0 Å². The predicted molar refractivity (Wildman–Crippen MR) is 88.4 cm³/mol. The van der Waals surface area contributed by atoms with Crippen LogP contribution in [0.1, 0.15) is 19.8 Å². The van der Waals surface area contributed by atoms with Crippen molar-refractivity contribution >= 4 is 22.9 Å². The Labute approximate surface area is 135 Å². The molecular weight excluding hydrogens is 294 g/mol. The van der Waals surface area contributed by atoms with Crippen molar-refractivity contribution in [2.24, 2.45) is 5.92 Å². The number of rotatable bonds is 5. The van der Waals surface area contributed by atoms with E-state index in [1.165, 1.54) is 0 Å². The third-order valence-electron chi connectivity index (χ3n) is 4.35. The Bertz CT molecular complexity index is 683. The number of carbonyl (C=O) groups excluding carboxylic acids is 1. The van der Waals surface area contributed by atoms with E-state index in [0.717, 1.165) is 30.5 Å². The molecule has 2 atom stereocenters. The van der Waals surface area contributed by atoms with Crippen LogP contribution in [-0.4, -0.2) is 41.9 Å². The number of amides is 1. The lowest BCUT2D eigenvalue weighted by Gasteiger charge is -2.27. The Morgan fingerprint density at radius 2 is 2.30 bits per heavy atom. The minimum atomic E-state index is -0.126. The lowest BCUT2D eigenvalue weighted by atomic mass is 9.94. The van der Waals surface area contributed by atoms with Gasteiger partial charge < -0.3 is 14.0 Å². The molecule has 0 unspecified atom stereocenters. The minimum absolute atomic E-state index is 0.0221. The van der Waals surface area contributed by atoms with Gasteiger partial charge in [0.2, 0.25) is 11.9 Å². The van der Waals surface area contributed by atoms with Gasteiger partial charge in [0.1, 0.15) is 0 Å². The second-order valence-electron chi connectivity index (χ2n) is 5.88. The van der Waals surface area contributed by atoms with Crippen LogP contribution in [-0.2, 0) is 20.8 Å². The number of nitrogens with one attached hydrogen (secondary N) is 1. The van der Waals surface area contributed by atoms with E-state index in [-0.39, 0.29) is 17.9 Å². The topological polar surface area (TPSA) is 65.4 Å². The lowest BCUT2D eigenvalue weighted by Crippen LogP contribution is -2.37. The highest BCUT2D eigenvalue weighted by atomic mass is 16.5. The number of ether oxygens (including phenoxy) is 2. The van der Waals surface area contributed by atoms with Gasteiger partial charge in [-0.15, -0.1) is 0 Å². The van der Waals surface area contributed by atoms with Gasteiger partial charge in [-0.1, -0.05) is 12.1 Å². The molecule has 6 nitrogen and oxygen atoms in total. The molecule has 1 fully saturated rings. The number of anilines is 1. The van der Waals surface area contributed by atoms with Gasteiger partial charge in [-0.2, -0.15) is 0 Å². The quantitative estimate of drug-likeness (QED) is 0.920. The van der Waals surface area contributed by atoms with Gasteiger partial charge >= 0.3 is 0 Å². The molecule has 1 N–H and O–H groups in total. The van der Waals surface area contributed by atoms with Crippen molar-refractivity contribution in [3.8, 4) is 0 Å². The SMILES string of the molecule is COCCn1c(NC(=O)[C@@H]2CCCO[C@@H]2C)nc2ccccc21. The van der Waals surface area contributed by atoms with Crippen molar-refractivity contribution in [2.75, 3.05) is 25.6 Å². The van der Waals surface area contributed by atoms with E-state index >= 15 is 0 Å². The van der Waals surface area contributed by atoms with Crippen molar-refractivity contribution in [1.82, 2.24) is 9.55 Å². The normalized spacial score (nSPS) is 21.5. The number of aromatic nitrogens is 2. The zero-order valence-electron chi connectivity index (χ0n) is 13.6. The highest BCUT2D eigenvalue weighted by molar-refractivity contribution is 5.93. The maximum Gasteiger partial charge on any atom is 0.232 e. The molecule has 0 aliphatic carbocycles. The van der Waals surface area contributed by atoms with E-state index in [0.29, 0.717) is 19.1 Å². The number of nitrogens with zero attached hydrogens (tertiary/aromatic N) is 2. The number of carbonyl (C=O) groups is 1. The lowest BCUT2D eigenvalue weighted by molar-refractivity contribution is -0.127. The molecule has 124 valence electrons. The van der Waals surface area contributed by atoms with Crippen LogP contribution in [0.15, 0.2) is 24.3 Å². The van der Waals surface area contributed by atoms with Crippen molar-refractivity contribution in [1.29, 1.82) is 0 Å². The average molecular weight is 317 g/mol. The number of benzene rings is 1. The summed E-state index contributed by atoms with van der Waals surface area (Å²) < 4.78 is 12.8. The Balaban J connectivity index is 1.84. The molecule has 0 radical (unpaired) electrons. The average Bonchev–Trinajstić information content (AvgIpc) is 2.90. The van der Waals surface area contributed by atoms with E-state index in [9.17, 15) is 4.79 Å². The molecule has 2 heterocycles. The zero-order chi connectivity index (χ0) is 16.2. The predicted octanol–water partition coefficient (Wildman–Crippen LogP) is 2.44. The Hall–Kier alpha value is -1.92. The van der Waals surface area contributed by atoms with Crippen LogP contribution in [0.4, 0.5) is 5.95 Å². The molecule has 1 aliphatic rings. The summed E-state index contributed by atoms with van der Waals surface area (Å²) in [7, 11) is 1.67. The van der Waals surface area contributed by atoms with Gasteiger partial charge in [-0.05, 0) is 31.9 Å². The van der Waals surface area contributed by atoms with Crippen LogP contribution in [0.3, 0.4) is 0 Å². The molecule has 1 aromatic heterocycles. The van der Waals surface area contributed by atoms with Gasteiger partial charge in [-0.25, -0.2) is 4.98 Å². The number of hydrogen-bond acceptors (Lipinski definition) is 4. The van der Waals surface area contributed by atoms with Gasteiger partial charge in [0.05, 0.1) is 29.7 Å². The highest BCUT2D eigenvalue weighted by Gasteiger charge is 2.29. The molecule has 6 heteroatoms. The molecule has 0 spiro atoms. The third-order valence-corrected chi connectivity index (χ3v) is 4.35. The molecule has 23 heavy (non-hydrogen) atoms. The molecular formula is C17H23N3O3. The smallest absolute Gasteiger partial charge is 0.232 e. The maximum absolute atomic E-state index is 12.6. The summed E-state index contributed by atoms with van der Waals surface area (Å²) in [5.41, 5.74) is 1.86. The fraction of sp³-hybridized carbons (Fsp3) is 0.529. The fourth-order valence-corrected chi connectivity index (χ4v) is 3.05. The van der Waals surface area contributed by atoms with Gasteiger partial charge in [0.25, 0.3) is 0 Å². The second-order valence-corrected chi connectivity index (χ2v) is 5.88. The number of hydrogen-bond donors (Lipinski definition) is 1. The molecule has 0 saturated carbocycles. The molecule has 1 aromatic carbocycles. The minimum Gasteiger partial charge on any atom is -0.383 e. The molecule has 1 saturated heterocycles. The first kappa shape index (κ1) is 16.0. The van der Waals surface area contributed by atoms with Crippen molar-refractivity contribution in [3.05, 3.63) is 24.3 Å². The number of methoxy groups -OCH3 is 1. The van der Waals surface area contributed by atoms with Crippen molar-refractivity contribution in [3.63, 3.8) is 0 Å². The number of imidazole rings is 1.